The molecule has 0 saturated carbocycles. The molecule has 2 saturated heterocycles. The molecule has 3 nitrogen and oxygen atoms in total. The van der Waals surface area contributed by atoms with Gasteiger partial charge in [-0.2, -0.15) is 0 Å². The fraction of sp³-hybridized carbons (Fsp3) is 0.900. The second-order valence-corrected chi connectivity index (χ2v) is 4.98. The molecule has 0 aromatic rings. The lowest BCUT2D eigenvalue weighted by atomic mass is 10.1. The smallest absolute Gasteiger partial charge is 0.323 e. The number of esters is 1. The second-order valence-electron chi connectivity index (χ2n) is 4.98. The Morgan fingerprint density at radius 2 is 2.08 bits per heavy atom. The number of hydrogen-bond donors (Lipinski definition) is 0. The standard InChI is InChI=1S/C10H17NO2/c1-10(2,3)13-9(12)8-5-4-7-6-11(7)8/h7-8H,4-6H2,1-3H3. The highest BCUT2D eigenvalue weighted by Crippen LogP contribution is 2.36. The Balaban J connectivity index is 1.90. The summed E-state index contributed by atoms with van der Waals surface area (Å²) in [4.78, 5) is 13.9. The quantitative estimate of drug-likeness (QED) is 0.451. The zero-order chi connectivity index (χ0) is 9.64. The first-order chi connectivity index (χ1) is 5.97. The molecule has 2 fully saturated rings. The average Bonchev–Trinajstić information content (AvgIpc) is 2.59. The van der Waals surface area contributed by atoms with Gasteiger partial charge in [0.25, 0.3) is 0 Å². The molecule has 3 unspecified atom stereocenters. The first-order valence-electron chi connectivity index (χ1n) is 4.96. The van der Waals surface area contributed by atoms with Crippen LogP contribution in [0.1, 0.15) is 33.6 Å². The Hall–Kier alpha value is -0.570. The van der Waals surface area contributed by atoms with E-state index in [1.165, 1.54) is 6.42 Å². The Morgan fingerprint density at radius 1 is 1.38 bits per heavy atom. The van der Waals surface area contributed by atoms with Gasteiger partial charge in [-0.15, -0.1) is 0 Å². The van der Waals surface area contributed by atoms with Crippen molar-refractivity contribution in [3.8, 4) is 0 Å². The van der Waals surface area contributed by atoms with Crippen LogP contribution in [0.25, 0.3) is 0 Å². The highest BCUT2D eigenvalue weighted by Gasteiger charge is 2.49. The number of fused-ring (bicyclic) bond motifs is 1. The number of hydrogen-bond acceptors (Lipinski definition) is 3. The highest BCUT2D eigenvalue weighted by molar-refractivity contribution is 5.77. The molecule has 0 amide bonds. The Labute approximate surface area is 79.0 Å². The molecule has 0 bridgehead atoms. The highest BCUT2D eigenvalue weighted by atomic mass is 16.6. The van der Waals surface area contributed by atoms with Crippen LogP contribution < -0.4 is 0 Å². The second kappa shape index (κ2) is 2.71. The molecule has 2 aliphatic rings. The molecule has 0 aromatic heterocycles. The lowest BCUT2D eigenvalue weighted by Crippen LogP contribution is -2.34. The van der Waals surface area contributed by atoms with Gasteiger partial charge >= 0.3 is 5.97 Å². The first-order valence-corrected chi connectivity index (χ1v) is 4.96. The third-order valence-electron chi connectivity index (χ3n) is 2.61. The van der Waals surface area contributed by atoms with Gasteiger partial charge in [-0.05, 0) is 33.6 Å². The van der Waals surface area contributed by atoms with Crippen molar-refractivity contribution in [1.82, 2.24) is 4.90 Å². The van der Waals surface area contributed by atoms with Crippen LogP contribution in [0.5, 0.6) is 0 Å². The van der Waals surface area contributed by atoms with E-state index in [1.807, 2.05) is 20.8 Å². The van der Waals surface area contributed by atoms with Crippen LogP contribution in [0.15, 0.2) is 0 Å². The van der Waals surface area contributed by atoms with Crippen LogP contribution in [0.3, 0.4) is 0 Å². The molecular weight excluding hydrogens is 166 g/mol. The Kier molecular flexibility index (Phi) is 1.88. The van der Waals surface area contributed by atoms with Gasteiger partial charge in [0, 0.05) is 12.6 Å². The van der Waals surface area contributed by atoms with Gasteiger partial charge in [0.15, 0.2) is 0 Å². The number of rotatable bonds is 1. The summed E-state index contributed by atoms with van der Waals surface area (Å²) < 4.78 is 5.34. The van der Waals surface area contributed by atoms with Crippen molar-refractivity contribution in [3.63, 3.8) is 0 Å². The summed E-state index contributed by atoms with van der Waals surface area (Å²) in [5.74, 6) is -0.0347. The largest absolute Gasteiger partial charge is 0.459 e. The molecule has 0 N–H and O–H groups in total. The van der Waals surface area contributed by atoms with E-state index < -0.39 is 0 Å². The number of piperidine rings is 1. The minimum Gasteiger partial charge on any atom is -0.459 e. The molecule has 2 heterocycles. The summed E-state index contributed by atoms with van der Waals surface area (Å²) in [5.41, 5.74) is -0.342. The molecule has 74 valence electrons. The molecule has 0 radical (unpaired) electrons. The summed E-state index contributed by atoms with van der Waals surface area (Å²) >= 11 is 0. The molecule has 3 heteroatoms. The predicted octanol–water partition coefficient (Wildman–Crippen LogP) is 1.17. The molecule has 0 aliphatic carbocycles. The molecule has 3 atom stereocenters. The molecular formula is C10H17NO2. The van der Waals surface area contributed by atoms with Crippen molar-refractivity contribution >= 4 is 5.97 Å². The van der Waals surface area contributed by atoms with Gasteiger partial charge in [0.05, 0.1) is 0 Å². The van der Waals surface area contributed by atoms with E-state index >= 15 is 0 Å². The van der Waals surface area contributed by atoms with Gasteiger partial charge in [-0.1, -0.05) is 0 Å². The first kappa shape index (κ1) is 9.00. The maximum atomic E-state index is 11.6. The molecule has 2 rings (SSSR count). The lowest BCUT2D eigenvalue weighted by molar-refractivity contribution is -0.158. The van der Waals surface area contributed by atoms with E-state index in [-0.39, 0.29) is 17.6 Å². The Bertz CT molecular complexity index is 232. The molecule has 2 aliphatic heterocycles. The average molecular weight is 183 g/mol. The molecule has 0 spiro atoms. The third kappa shape index (κ3) is 1.85. The zero-order valence-corrected chi connectivity index (χ0v) is 8.54. The van der Waals surface area contributed by atoms with Crippen LogP contribution in [-0.2, 0) is 9.53 Å². The summed E-state index contributed by atoms with van der Waals surface area (Å²) in [5, 5.41) is 0. The van der Waals surface area contributed by atoms with E-state index in [2.05, 4.69) is 4.90 Å². The third-order valence-corrected chi connectivity index (χ3v) is 2.61. The number of nitrogens with zero attached hydrogens (tertiary/aromatic N) is 1. The summed E-state index contributed by atoms with van der Waals surface area (Å²) in [6.45, 7) is 6.85. The zero-order valence-electron chi connectivity index (χ0n) is 8.54. The van der Waals surface area contributed by atoms with Crippen LogP contribution in [0, 0.1) is 0 Å². The Morgan fingerprint density at radius 3 is 2.46 bits per heavy atom. The van der Waals surface area contributed by atoms with Crippen LogP contribution in [0.4, 0.5) is 0 Å². The van der Waals surface area contributed by atoms with Crippen molar-refractivity contribution in [2.24, 2.45) is 0 Å². The number of carbonyl (C=O) groups is 1. The monoisotopic (exact) mass is 183 g/mol. The van der Waals surface area contributed by atoms with Crippen molar-refractivity contribution < 1.29 is 9.53 Å². The van der Waals surface area contributed by atoms with Crippen molar-refractivity contribution in [3.05, 3.63) is 0 Å². The summed E-state index contributed by atoms with van der Waals surface area (Å²) in [6, 6.07) is 0.752. The van der Waals surface area contributed by atoms with E-state index in [9.17, 15) is 4.79 Å². The number of ether oxygens (including phenoxy) is 1. The van der Waals surface area contributed by atoms with Crippen LogP contribution >= 0.6 is 0 Å². The predicted molar refractivity (Wildman–Crippen MR) is 49.4 cm³/mol. The van der Waals surface area contributed by atoms with Crippen LogP contribution in [-0.4, -0.2) is 35.1 Å². The molecule has 0 aromatic carbocycles. The maximum absolute atomic E-state index is 11.6. The van der Waals surface area contributed by atoms with E-state index in [0.717, 1.165) is 13.0 Å². The summed E-state index contributed by atoms with van der Waals surface area (Å²) in [6.07, 6.45) is 2.16. The molecule has 13 heavy (non-hydrogen) atoms. The van der Waals surface area contributed by atoms with Crippen LogP contribution in [0.2, 0.25) is 0 Å². The minimum absolute atomic E-state index is 0.0347. The van der Waals surface area contributed by atoms with Crippen molar-refractivity contribution in [1.29, 1.82) is 0 Å². The maximum Gasteiger partial charge on any atom is 0.323 e. The van der Waals surface area contributed by atoms with Gasteiger partial charge in [-0.3, -0.25) is 9.69 Å². The van der Waals surface area contributed by atoms with Gasteiger partial charge in [0.1, 0.15) is 11.6 Å². The number of carbonyl (C=O) groups excluding carboxylic acids is 1. The van der Waals surface area contributed by atoms with Gasteiger partial charge in [-0.25, -0.2) is 0 Å². The SMILES string of the molecule is CC(C)(C)OC(=O)C1CCC2CN21. The normalized spacial score (nSPS) is 37.0. The van der Waals surface area contributed by atoms with Crippen molar-refractivity contribution in [2.75, 3.05) is 6.54 Å². The van der Waals surface area contributed by atoms with Gasteiger partial charge < -0.3 is 4.74 Å². The van der Waals surface area contributed by atoms with Gasteiger partial charge in [0.2, 0.25) is 0 Å². The summed E-state index contributed by atoms with van der Waals surface area (Å²) in [7, 11) is 0. The topological polar surface area (TPSA) is 29.3 Å². The van der Waals surface area contributed by atoms with E-state index in [1.54, 1.807) is 0 Å². The van der Waals surface area contributed by atoms with Crippen molar-refractivity contribution in [2.45, 2.75) is 51.3 Å². The fourth-order valence-corrected chi connectivity index (χ4v) is 1.97. The fourth-order valence-electron chi connectivity index (χ4n) is 1.97. The van der Waals surface area contributed by atoms with E-state index in [4.69, 9.17) is 4.74 Å². The lowest BCUT2D eigenvalue weighted by Gasteiger charge is -2.22. The minimum atomic E-state index is -0.342. The van der Waals surface area contributed by atoms with E-state index in [0.29, 0.717) is 6.04 Å².